The molecule has 0 saturated heterocycles. The van der Waals surface area contributed by atoms with E-state index < -0.39 is 0 Å². The van der Waals surface area contributed by atoms with Gasteiger partial charge in [0.1, 0.15) is 0 Å². The van der Waals surface area contributed by atoms with E-state index >= 15 is 0 Å². The van der Waals surface area contributed by atoms with Crippen LogP contribution < -0.4 is 0 Å². The highest BCUT2D eigenvalue weighted by molar-refractivity contribution is 6.69. The molecule has 4 rings (SSSR count). The van der Waals surface area contributed by atoms with Crippen molar-refractivity contribution in [1.82, 2.24) is 9.62 Å². The lowest BCUT2D eigenvalue weighted by atomic mass is 9.42. The second kappa shape index (κ2) is 16.1. The lowest BCUT2D eigenvalue weighted by molar-refractivity contribution is 0.309. The van der Waals surface area contributed by atoms with Crippen LogP contribution in [0.15, 0.2) is 22.5 Å². The van der Waals surface area contributed by atoms with E-state index in [1.54, 1.807) is 11.4 Å². The first-order valence-electron chi connectivity index (χ1n) is 19.4. The van der Waals surface area contributed by atoms with Gasteiger partial charge < -0.3 is 14.2 Å². The molecule has 0 bridgehead atoms. The van der Waals surface area contributed by atoms with E-state index in [2.05, 4.69) is 65.0 Å². The Balaban J connectivity index is 1.88. The summed E-state index contributed by atoms with van der Waals surface area (Å²) in [7, 11) is 0.388. The molecule has 3 nitrogen and oxygen atoms in total. The number of rotatable bonds is 18. The van der Waals surface area contributed by atoms with Crippen LogP contribution >= 0.6 is 0 Å². The monoisotopic (exact) mass is 593 g/mol. The molecule has 0 N–H and O–H groups in total. The maximum atomic E-state index is 8.17. The lowest BCUT2D eigenvalue weighted by Gasteiger charge is -2.45. The number of hydrogen-bond donors (Lipinski definition) is 0. The van der Waals surface area contributed by atoms with Gasteiger partial charge in [-0.15, -0.1) is 0 Å². The predicted octanol–water partition coefficient (Wildman–Crippen LogP) is 11.8. The van der Waals surface area contributed by atoms with Crippen LogP contribution in [0.3, 0.4) is 0 Å². The van der Waals surface area contributed by atoms with Crippen LogP contribution in [-0.2, 0) is 4.57 Å². The molecule has 0 radical (unpaired) electrons. The molecule has 0 unspecified atom stereocenters. The third kappa shape index (κ3) is 7.28. The van der Waals surface area contributed by atoms with Gasteiger partial charge in [-0.2, -0.15) is 0 Å². The molecule has 0 aromatic heterocycles. The van der Waals surface area contributed by atoms with Gasteiger partial charge in [0.2, 0.25) is 0 Å². The van der Waals surface area contributed by atoms with Gasteiger partial charge in [0.05, 0.1) is 0 Å². The quantitative estimate of drug-likeness (QED) is 0.147. The molecule has 0 atom stereocenters. The van der Waals surface area contributed by atoms with Crippen molar-refractivity contribution >= 4 is 14.1 Å². The maximum Gasteiger partial charge on any atom is 0.412 e. The standard InChI is InChI=1S/C38H70B2N2O/c1-9-13-25-37(26-14-10-2)33-21-17-19-23-35(33)41(29-31(5)6)39(37)43-40-38(27-15-11-3,28-16-12-4)34-22-18-20-24-36(34)42(40)30-32(7)8/h31-32H,9-30H2,1-8H3. The van der Waals surface area contributed by atoms with Crippen LogP contribution in [-0.4, -0.2) is 36.8 Å². The summed E-state index contributed by atoms with van der Waals surface area (Å²) >= 11 is 0. The van der Waals surface area contributed by atoms with E-state index in [-0.39, 0.29) is 24.7 Å². The summed E-state index contributed by atoms with van der Waals surface area (Å²) in [6.45, 7) is 21.6. The van der Waals surface area contributed by atoms with Crippen molar-refractivity contribution in [2.75, 3.05) is 13.1 Å². The van der Waals surface area contributed by atoms with E-state index in [0.717, 1.165) is 13.1 Å². The second-order valence-electron chi connectivity index (χ2n) is 15.9. The van der Waals surface area contributed by atoms with Crippen molar-refractivity contribution in [3.05, 3.63) is 22.5 Å². The summed E-state index contributed by atoms with van der Waals surface area (Å²) in [5.41, 5.74) is 7.11. The van der Waals surface area contributed by atoms with Crippen molar-refractivity contribution in [3.63, 3.8) is 0 Å². The highest BCUT2D eigenvalue weighted by Crippen LogP contribution is 2.63. The largest absolute Gasteiger partial charge is 0.461 e. The minimum Gasteiger partial charge on any atom is -0.461 e. The van der Waals surface area contributed by atoms with Gasteiger partial charge in [-0.05, 0) is 100 Å². The summed E-state index contributed by atoms with van der Waals surface area (Å²) in [5.74, 6) is 1.28. The van der Waals surface area contributed by atoms with E-state index in [4.69, 9.17) is 4.57 Å². The fraction of sp³-hybridized carbons (Fsp3) is 0.895. The minimum atomic E-state index is 0.185. The third-order valence-electron chi connectivity index (χ3n) is 11.6. The average Bonchev–Trinajstić information content (AvgIpc) is 3.39. The smallest absolute Gasteiger partial charge is 0.412 e. The zero-order valence-electron chi connectivity index (χ0n) is 30.2. The molecule has 0 amide bonds. The Morgan fingerprint density at radius 1 is 0.558 bits per heavy atom. The van der Waals surface area contributed by atoms with Gasteiger partial charge in [0.15, 0.2) is 0 Å². The van der Waals surface area contributed by atoms with Crippen molar-refractivity contribution in [2.45, 2.75) is 194 Å². The van der Waals surface area contributed by atoms with Crippen molar-refractivity contribution in [2.24, 2.45) is 11.8 Å². The van der Waals surface area contributed by atoms with E-state index in [0.29, 0.717) is 11.8 Å². The van der Waals surface area contributed by atoms with Crippen LogP contribution in [0.1, 0.15) is 184 Å². The van der Waals surface area contributed by atoms with Gasteiger partial charge >= 0.3 is 14.1 Å². The Bertz CT molecular complexity index is 850. The van der Waals surface area contributed by atoms with Gasteiger partial charge in [0.25, 0.3) is 0 Å². The summed E-state index contributed by atoms with van der Waals surface area (Å²) in [6.07, 6.45) is 26.3. The molecule has 4 aliphatic rings. The fourth-order valence-electron chi connectivity index (χ4n) is 9.71. The maximum absolute atomic E-state index is 8.17. The molecule has 0 saturated carbocycles. The van der Waals surface area contributed by atoms with Gasteiger partial charge in [-0.1, -0.05) is 107 Å². The van der Waals surface area contributed by atoms with Gasteiger partial charge in [-0.3, -0.25) is 0 Å². The van der Waals surface area contributed by atoms with Gasteiger partial charge in [-0.25, -0.2) is 0 Å². The zero-order chi connectivity index (χ0) is 31.0. The molecule has 43 heavy (non-hydrogen) atoms. The van der Waals surface area contributed by atoms with Crippen LogP contribution in [0.5, 0.6) is 0 Å². The molecule has 0 fully saturated rings. The zero-order valence-corrected chi connectivity index (χ0v) is 30.2. The Kier molecular flexibility index (Phi) is 13.1. The van der Waals surface area contributed by atoms with Crippen molar-refractivity contribution in [3.8, 4) is 0 Å². The van der Waals surface area contributed by atoms with Gasteiger partial charge in [0, 0.05) is 35.1 Å². The number of unbranched alkanes of at least 4 members (excludes halogenated alkanes) is 4. The second-order valence-corrected chi connectivity index (χ2v) is 15.9. The first-order chi connectivity index (χ1) is 20.8. The molecule has 2 aliphatic heterocycles. The highest BCUT2D eigenvalue weighted by atomic mass is 16.4. The Morgan fingerprint density at radius 3 is 1.19 bits per heavy atom. The molecule has 5 heteroatoms. The summed E-state index contributed by atoms with van der Waals surface area (Å²) in [5, 5.41) is 0.370. The normalized spacial score (nSPS) is 21.6. The van der Waals surface area contributed by atoms with Crippen molar-refractivity contribution < 1.29 is 4.57 Å². The SMILES string of the molecule is CCCCC1(CCCC)B(OB2N(CC(C)C)C3=C(CCCC3)C2(CCCC)CCCC)N(CC(C)C)C2=C1CCCC2. The first kappa shape index (κ1) is 35.0. The molecule has 244 valence electrons. The van der Waals surface area contributed by atoms with E-state index in [9.17, 15) is 0 Å². The molecular weight excluding hydrogens is 522 g/mol. The lowest BCUT2D eigenvalue weighted by Crippen LogP contribution is -2.56. The third-order valence-corrected chi connectivity index (χ3v) is 11.6. The Labute approximate surface area is 269 Å². The number of hydrogen-bond acceptors (Lipinski definition) is 3. The van der Waals surface area contributed by atoms with Crippen LogP contribution in [0, 0.1) is 11.8 Å². The number of allylic oxidation sites excluding steroid dienone is 4. The highest BCUT2D eigenvalue weighted by Gasteiger charge is 2.63. The molecule has 0 spiro atoms. The summed E-state index contributed by atoms with van der Waals surface area (Å²) in [4.78, 5) is 5.78. The predicted molar refractivity (Wildman–Crippen MR) is 190 cm³/mol. The summed E-state index contributed by atoms with van der Waals surface area (Å²) < 4.78 is 8.17. The molecule has 0 aromatic carbocycles. The molecule has 2 heterocycles. The Hall–Kier alpha value is -0.830. The van der Waals surface area contributed by atoms with Crippen LogP contribution in [0.25, 0.3) is 0 Å². The fourth-order valence-corrected chi connectivity index (χ4v) is 9.71. The van der Waals surface area contributed by atoms with Crippen molar-refractivity contribution in [1.29, 1.82) is 0 Å². The van der Waals surface area contributed by atoms with E-state index in [1.165, 1.54) is 128 Å². The van der Waals surface area contributed by atoms with Crippen LogP contribution in [0.4, 0.5) is 0 Å². The number of nitrogens with zero attached hydrogens (tertiary/aromatic N) is 2. The first-order valence-corrected chi connectivity index (χ1v) is 19.4. The minimum absolute atomic E-state index is 0.185. The topological polar surface area (TPSA) is 15.7 Å². The molecule has 0 aromatic rings. The van der Waals surface area contributed by atoms with E-state index in [1.807, 2.05) is 11.1 Å². The molecular formula is C38H70B2N2O. The van der Waals surface area contributed by atoms with Crippen LogP contribution in [0.2, 0.25) is 10.6 Å². The average molecular weight is 593 g/mol. The summed E-state index contributed by atoms with van der Waals surface area (Å²) in [6, 6.07) is 0. The Morgan fingerprint density at radius 2 is 0.884 bits per heavy atom. The molecule has 2 aliphatic carbocycles.